The van der Waals surface area contributed by atoms with Gasteiger partial charge in [0.2, 0.25) is 0 Å². The molecule has 7 rings (SSSR count). The largest absolute Gasteiger partial charge is 0.457 e. The smallest absolute Gasteiger partial charge is 0.407 e. The van der Waals surface area contributed by atoms with E-state index in [0.29, 0.717) is 34.5 Å². The zero-order valence-corrected chi connectivity index (χ0v) is 31.2. The van der Waals surface area contributed by atoms with E-state index in [4.69, 9.17) is 14.2 Å². The number of ether oxygens (including phenoxy) is 3. The van der Waals surface area contributed by atoms with Crippen molar-refractivity contribution < 1.29 is 28.9 Å². The highest BCUT2D eigenvalue weighted by atomic mass is 32.1. The van der Waals surface area contributed by atoms with Crippen LogP contribution in [-0.2, 0) is 19.0 Å². The van der Waals surface area contributed by atoms with Gasteiger partial charge in [0.25, 0.3) is 0 Å². The summed E-state index contributed by atoms with van der Waals surface area (Å²) >= 11 is 0. The Balaban J connectivity index is 0.00000386. The van der Waals surface area contributed by atoms with Gasteiger partial charge in [-0.25, -0.2) is 4.79 Å². The number of piperidine rings is 1. The molecule has 2 spiro atoms. The van der Waals surface area contributed by atoms with E-state index in [-0.39, 0.29) is 60.7 Å². The maximum atomic E-state index is 13.2. The molecule has 12 atom stereocenters. The highest BCUT2D eigenvalue weighted by molar-refractivity contribution is 7.59. The number of amides is 1. The lowest BCUT2D eigenvalue weighted by molar-refractivity contribution is -0.200. The van der Waals surface area contributed by atoms with Crippen molar-refractivity contribution >= 4 is 25.6 Å². The second-order valence-corrected chi connectivity index (χ2v) is 18.4. The van der Waals surface area contributed by atoms with Gasteiger partial charge in [0, 0.05) is 18.4 Å². The molecule has 2 saturated heterocycles. The lowest BCUT2D eigenvalue weighted by Crippen LogP contribution is -2.56. The van der Waals surface area contributed by atoms with E-state index < -0.39 is 11.7 Å². The average molecular weight is 677 g/mol. The SMILES string of the molecule is CC(=O)O[C@@H](C1CCC2C(CC3C4CCC5C(C)(C)[C@@H](OC(=O)NC(C)C6CCNCC6)CCC56C[C@@]46CCC23C)O1)C(C)(C)O.S. The Morgan fingerprint density at radius 3 is 2.32 bits per heavy atom. The van der Waals surface area contributed by atoms with Crippen molar-refractivity contribution in [3.05, 3.63) is 0 Å². The minimum atomic E-state index is -1.15. The van der Waals surface area contributed by atoms with Gasteiger partial charge in [-0.3, -0.25) is 4.79 Å². The van der Waals surface area contributed by atoms with E-state index >= 15 is 0 Å². The minimum absolute atomic E-state index is 0. The number of hydrogen-bond donors (Lipinski definition) is 3. The zero-order chi connectivity index (χ0) is 32.9. The van der Waals surface area contributed by atoms with Crippen molar-refractivity contribution in [2.24, 2.45) is 51.2 Å². The maximum Gasteiger partial charge on any atom is 0.407 e. The van der Waals surface area contributed by atoms with Crippen LogP contribution >= 0.6 is 13.5 Å². The molecule has 5 saturated carbocycles. The molecular weight excluding hydrogens is 612 g/mol. The number of esters is 1. The summed E-state index contributed by atoms with van der Waals surface area (Å²) in [6.45, 7) is 16.4. The van der Waals surface area contributed by atoms with Crippen molar-refractivity contribution in [2.75, 3.05) is 13.1 Å². The molecular formula is C38H64N2O6S. The topological polar surface area (TPSA) is 106 Å². The monoisotopic (exact) mass is 676 g/mol. The number of aliphatic hydroxyl groups is 1. The number of alkyl carbamates (subject to hydrolysis) is 1. The summed E-state index contributed by atoms with van der Waals surface area (Å²) in [5.41, 5.74) is -0.0898. The molecule has 9 unspecified atom stereocenters. The van der Waals surface area contributed by atoms with Crippen LogP contribution in [-0.4, -0.2) is 66.3 Å². The van der Waals surface area contributed by atoms with E-state index in [0.717, 1.165) is 57.5 Å². The van der Waals surface area contributed by atoms with Crippen LogP contribution in [0.3, 0.4) is 0 Å². The van der Waals surface area contributed by atoms with Crippen LogP contribution < -0.4 is 10.6 Å². The standard InChI is InChI=1S/C38H62N2O6.H2S/c1-22(24-13-18-39-19-14-24)40-33(42)46-31-12-15-38-21-37(38)17-16-36(7)26-8-10-28(32(35(5,6)43)44-23(2)41)45-29(26)20-27(36)25(37)9-11-30(38)34(31,3)4;/h22,24-32,39,43H,8-21H2,1-7H3,(H,40,42);1H2/t22?,25?,26?,27?,28?,29?,30?,31-,32-,36?,37-,38?;/m0./s1. The molecule has 268 valence electrons. The maximum absolute atomic E-state index is 13.2. The number of rotatable bonds is 6. The van der Waals surface area contributed by atoms with Gasteiger partial charge in [-0.2, -0.15) is 13.5 Å². The van der Waals surface area contributed by atoms with Gasteiger partial charge in [0.15, 0.2) is 6.10 Å². The molecule has 0 aromatic rings. The summed E-state index contributed by atoms with van der Waals surface area (Å²) < 4.78 is 18.8. The summed E-state index contributed by atoms with van der Waals surface area (Å²) in [4.78, 5) is 25.1. The molecule has 0 aromatic carbocycles. The van der Waals surface area contributed by atoms with Crippen LogP contribution in [0.2, 0.25) is 0 Å². The van der Waals surface area contributed by atoms with Crippen LogP contribution in [0.4, 0.5) is 4.79 Å². The fourth-order valence-electron chi connectivity index (χ4n) is 13.3. The molecule has 2 aliphatic heterocycles. The highest BCUT2D eigenvalue weighted by Crippen LogP contribution is 2.87. The van der Waals surface area contributed by atoms with E-state index in [2.05, 4.69) is 38.3 Å². The Bertz CT molecular complexity index is 1200. The normalized spacial score (nSPS) is 44.9. The van der Waals surface area contributed by atoms with E-state index in [1.54, 1.807) is 13.8 Å². The second kappa shape index (κ2) is 12.3. The first-order valence-electron chi connectivity index (χ1n) is 18.9. The molecule has 7 aliphatic rings. The Hall–Kier alpha value is -1.03. The summed E-state index contributed by atoms with van der Waals surface area (Å²) in [6.07, 6.45) is 12.8. The Kier molecular flexibility index (Phi) is 9.39. The number of hydrogen-bond acceptors (Lipinski definition) is 7. The Morgan fingerprint density at radius 1 is 0.936 bits per heavy atom. The van der Waals surface area contributed by atoms with Crippen molar-refractivity contribution in [3.8, 4) is 0 Å². The molecule has 3 N–H and O–H groups in total. The molecule has 2 heterocycles. The van der Waals surface area contributed by atoms with E-state index in [1.165, 1.54) is 45.4 Å². The fourth-order valence-corrected chi connectivity index (χ4v) is 13.3. The quantitative estimate of drug-likeness (QED) is 0.276. The Morgan fingerprint density at radius 2 is 1.64 bits per heavy atom. The van der Waals surface area contributed by atoms with Crippen LogP contribution in [0.15, 0.2) is 0 Å². The van der Waals surface area contributed by atoms with Gasteiger partial charge in [-0.05, 0) is 157 Å². The summed E-state index contributed by atoms with van der Waals surface area (Å²) in [5, 5.41) is 17.5. The summed E-state index contributed by atoms with van der Waals surface area (Å²) in [5.74, 6) is 2.67. The molecule has 5 aliphatic carbocycles. The van der Waals surface area contributed by atoms with E-state index in [1.807, 2.05) is 0 Å². The fraction of sp³-hybridized carbons (Fsp3) is 0.947. The first kappa shape index (κ1) is 35.8. The second-order valence-electron chi connectivity index (χ2n) is 18.4. The van der Waals surface area contributed by atoms with Crippen molar-refractivity contribution in [3.63, 3.8) is 0 Å². The Labute approximate surface area is 290 Å². The molecule has 1 amide bonds. The predicted octanol–water partition coefficient (Wildman–Crippen LogP) is 6.49. The summed E-state index contributed by atoms with van der Waals surface area (Å²) in [7, 11) is 0. The van der Waals surface area contributed by atoms with Crippen LogP contribution in [0.1, 0.15) is 126 Å². The third-order valence-electron chi connectivity index (χ3n) is 15.6. The van der Waals surface area contributed by atoms with Crippen LogP contribution in [0.25, 0.3) is 0 Å². The van der Waals surface area contributed by atoms with Gasteiger partial charge in [-0.15, -0.1) is 0 Å². The first-order valence-corrected chi connectivity index (χ1v) is 18.9. The number of carbonyl (C=O) groups is 2. The van der Waals surface area contributed by atoms with Gasteiger partial charge in [0.1, 0.15) is 6.10 Å². The number of carbonyl (C=O) groups excluding carboxylic acids is 2. The molecule has 0 bridgehead atoms. The average Bonchev–Trinajstić information content (AvgIpc) is 3.57. The molecule has 8 nitrogen and oxygen atoms in total. The number of fused-ring (bicyclic) bond motifs is 4. The number of nitrogens with one attached hydrogen (secondary N) is 2. The molecule has 9 heteroatoms. The van der Waals surface area contributed by atoms with E-state index in [9.17, 15) is 14.7 Å². The zero-order valence-electron chi connectivity index (χ0n) is 30.2. The van der Waals surface area contributed by atoms with Gasteiger partial charge < -0.3 is 30.0 Å². The predicted molar refractivity (Wildman–Crippen MR) is 186 cm³/mol. The third-order valence-corrected chi connectivity index (χ3v) is 15.6. The summed E-state index contributed by atoms with van der Waals surface area (Å²) in [6, 6.07) is 0.142. The van der Waals surface area contributed by atoms with Crippen molar-refractivity contribution in [1.29, 1.82) is 0 Å². The molecule has 0 radical (unpaired) electrons. The van der Waals surface area contributed by atoms with Crippen LogP contribution in [0.5, 0.6) is 0 Å². The molecule has 0 aromatic heterocycles. The van der Waals surface area contributed by atoms with Gasteiger partial charge in [0.05, 0.1) is 17.8 Å². The van der Waals surface area contributed by atoms with Gasteiger partial charge >= 0.3 is 12.1 Å². The minimum Gasteiger partial charge on any atom is -0.457 e. The molecule has 7 fully saturated rings. The van der Waals surface area contributed by atoms with Crippen molar-refractivity contribution in [1.82, 2.24) is 10.6 Å². The van der Waals surface area contributed by atoms with Crippen molar-refractivity contribution in [2.45, 2.75) is 162 Å². The molecule has 47 heavy (non-hydrogen) atoms. The lowest BCUT2D eigenvalue weighted by atomic mass is 9.46. The van der Waals surface area contributed by atoms with Crippen LogP contribution in [0, 0.1) is 51.2 Å². The lowest BCUT2D eigenvalue weighted by Gasteiger charge is -2.59. The third kappa shape index (κ3) is 5.67. The highest BCUT2D eigenvalue weighted by Gasteiger charge is 2.81. The first-order chi connectivity index (χ1) is 21.6. The van der Waals surface area contributed by atoms with Gasteiger partial charge in [-0.1, -0.05) is 20.8 Å².